The summed E-state index contributed by atoms with van der Waals surface area (Å²) in [7, 11) is -3.93. The average Bonchev–Trinajstić information content (AvgIpc) is 2.72. The molecule has 0 bridgehead atoms. The van der Waals surface area contributed by atoms with Gasteiger partial charge >= 0.3 is 12.1 Å². The highest BCUT2D eigenvalue weighted by atomic mass is 32.2. The van der Waals surface area contributed by atoms with Crippen LogP contribution < -0.4 is 10.0 Å². The number of amides is 1. The number of nitrogens with one attached hydrogen (secondary N) is 2. The largest absolute Gasteiger partial charge is 0.480 e. The molecule has 0 heterocycles. The number of carboxylic acids is 1. The molecule has 30 heavy (non-hydrogen) atoms. The van der Waals surface area contributed by atoms with Crippen LogP contribution in [-0.4, -0.2) is 38.2 Å². The quantitative estimate of drug-likeness (QED) is 0.468. The molecular formula is C21H26N2O6S. The summed E-state index contributed by atoms with van der Waals surface area (Å²) < 4.78 is 32.1. The van der Waals surface area contributed by atoms with Crippen LogP contribution in [0, 0.1) is 6.92 Å². The molecule has 2 aromatic carbocycles. The van der Waals surface area contributed by atoms with Crippen molar-refractivity contribution in [1.29, 1.82) is 0 Å². The van der Waals surface area contributed by atoms with E-state index in [1.807, 2.05) is 37.3 Å². The summed E-state index contributed by atoms with van der Waals surface area (Å²) in [5, 5.41) is 11.9. The number of hydrogen-bond donors (Lipinski definition) is 3. The van der Waals surface area contributed by atoms with E-state index in [9.17, 15) is 23.1 Å². The van der Waals surface area contributed by atoms with Gasteiger partial charge in [-0.15, -0.1) is 0 Å². The van der Waals surface area contributed by atoms with E-state index in [4.69, 9.17) is 4.74 Å². The van der Waals surface area contributed by atoms with Crippen molar-refractivity contribution in [3.05, 3.63) is 65.7 Å². The van der Waals surface area contributed by atoms with Gasteiger partial charge in [0, 0.05) is 6.54 Å². The van der Waals surface area contributed by atoms with Crippen LogP contribution in [0.2, 0.25) is 0 Å². The van der Waals surface area contributed by atoms with Crippen LogP contribution in [0.15, 0.2) is 59.5 Å². The van der Waals surface area contributed by atoms with Gasteiger partial charge in [0.15, 0.2) is 0 Å². The fourth-order valence-corrected chi connectivity index (χ4v) is 3.87. The third-order valence-electron chi connectivity index (χ3n) is 4.33. The molecule has 0 fully saturated rings. The van der Waals surface area contributed by atoms with E-state index in [1.54, 1.807) is 12.1 Å². The van der Waals surface area contributed by atoms with E-state index in [-0.39, 0.29) is 17.9 Å². The molecule has 0 aromatic heterocycles. The van der Waals surface area contributed by atoms with Gasteiger partial charge in [-0.2, -0.15) is 4.72 Å². The molecule has 162 valence electrons. The molecule has 3 N–H and O–H groups in total. The number of ether oxygens (including phenoxy) is 1. The third kappa shape index (κ3) is 7.84. The highest BCUT2D eigenvalue weighted by Crippen LogP contribution is 2.12. The summed E-state index contributed by atoms with van der Waals surface area (Å²) in [5.41, 5.74) is 1.77. The molecule has 0 radical (unpaired) electrons. The Morgan fingerprint density at radius 1 is 1.03 bits per heavy atom. The molecule has 1 atom stereocenters. The lowest BCUT2D eigenvalue weighted by molar-refractivity contribution is -0.139. The van der Waals surface area contributed by atoms with Gasteiger partial charge in [0.1, 0.15) is 12.6 Å². The number of carboxylic acid groups (broad SMARTS) is 1. The Morgan fingerprint density at radius 3 is 2.33 bits per heavy atom. The first-order valence-electron chi connectivity index (χ1n) is 9.54. The highest BCUT2D eigenvalue weighted by molar-refractivity contribution is 7.89. The Morgan fingerprint density at radius 2 is 1.70 bits per heavy atom. The van der Waals surface area contributed by atoms with Crippen molar-refractivity contribution < 1.29 is 27.9 Å². The number of carbonyl (C=O) groups excluding carboxylic acids is 1. The van der Waals surface area contributed by atoms with Crippen molar-refractivity contribution in [3.8, 4) is 0 Å². The predicted octanol–water partition coefficient (Wildman–Crippen LogP) is 2.82. The van der Waals surface area contributed by atoms with Crippen LogP contribution in [0.3, 0.4) is 0 Å². The van der Waals surface area contributed by atoms with Crippen molar-refractivity contribution in [3.63, 3.8) is 0 Å². The van der Waals surface area contributed by atoms with Crippen LogP contribution >= 0.6 is 0 Å². The van der Waals surface area contributed by atoms with Crippen molar-refractivity contribution in [1.82, 2.24) is 10.0 Å². The van der Waals surface area contributed by atoms with Crippen LogP contribution in [0.5, 0.6) is 0 Å². The molecule has 0 aliphatic heterocycles. The number of hydrogen-bond acceptors (Lipinski definition) is 5. The minimum absolute atomic E-state index is 0.0159. The monoisotopic (exact) mass is 434 g/mol. The van der Waals surface area contributed by atoms with Gasteiger partial charge in [0.05, 0.1) is 4.90 Å². The molecule has 9 heteroatoms. The lowest BCUT2D eigenvalue weighted by Gasteiger charge is -2.15. The molecule has 1 unspecified atom stereocenters. The summed E-state index contributed by atoms with van der Waals surface area (Å²) in [6.45, 7) is 2.29. The molecular weight excluding hydrogens is 408 g/mol. The van der Waals surface area contributed by atoms with E-state index in [0.29, 0.717) is 19.4 Å². The number of aryl methyl sites for hydroxylation is 1. The smallest absolute Gasteiger partial charge is 0.407 e. The Balaban J connectivity index is 1.72. The maximum atomic E-state index is 12.4. The van der Waals surface area contributed by atoms with Crippen molar-refractivity contribution in [2.75, 3.05) is 6.54 Å². The van der Waals surface area contributed by atoms with Gasteiger partial charge in [-0.05, 0) is 43.9 Å². The van der Waals surface area contributed by atoms with Crippen LogP contribution in [0.25, 0.3) is 0 Å². The van der Waals surface area contributed by atoms with E-state index in [2.05, 4.69) is 10.0 Å². The Kier molecular flexibility index (Phi) is 8.82. The maximum Gasteiger partial charge on any atom is 0.407 e. The minimum atomic E-state index is -3.93. The van der Waals surface area contributed by atoms with Crippen molar-refractivity contribution >= 4 is 22.1 Å². The zero-order valence-electron chi connectivity index (χ0n) is 16.7. The maximum absolute atomic E-state index is 12.4. The standard InChI is InChI=1S/C21H26N2O6S/c1-16-10-12-18(13-11-16)30(27,28)23-19(20(24)25)9-5-6-14-22-21(26)29-15-17-7-3-2-4-8-17/h2-4,7-8,10-13,19,23H,5-6,9,14-15H2,1H3,(H,22,26)(H,24,25). The first kappa shape index (κ1) is 23.4. The summed E-state index contributed by atoms with van der Waals surface area (Å²) in [5.74, 6) is -1.25. The number of alkyl carbamates (subject to hydrolysis) is 1. The number of rotatable bonds is 11. The van der Waals surface area contributed by atoms with Gasteiger partial charge in [-0.25, -0.2) is 13.2 Å². The fourth-order valence-electron chi connectivity index (χ4n) is 2.64. The highest BCUT2D eigenvalue weighted by Gasteiger charge is 2.24. The number of benzene rings is 2. The van der Waals surface area contributed by atoms with Gasteiger partial charge in [0.2, 0.25) is 10.0 Å². The lowest BCUT2D eigenvalue weighted by Crippen LogP contribution is -2.40. The Hall–Kier alpha value is -2.91. The Labute approximate surface area is 176 Å². The van der Waals surface area contributed by atoms with Gasteiger partial charge in [-0.1, -0.05) is 48.0 Å². The number of unbranched alkanes of at least 4 members (excludes halogenated alkanes) is 1. The molecule has 8 nitrogen and oxygen atoms in total. The van der Waals surface area contributed by atoms with Gasteiger partial charge < -0.3 is 15.2 Å². The summed E-state index contributed by atoms with van der Waals surface area (Å²) in [6, 6.07) is 14.2. The number of aliphatic carboxylic acids is 1. The van der Waals surface area contributed by atoms with Crippen molar-refractivity contribution in [2.45, 2.75) is 43.7 Å². The van der Waals surface area contributed by atoms with Crippen LogP contribution in [-0.2, 0) is 26.2 Å². The minimum Gasteiger partial charge on any atom is -0.480 e. The molecule has 0 aliphatic rings. The molecule has 0 saturated heterocycles. The normalized spacial score (nSPS) is 12.2. The third-order valence-corrected chi connectivity index (χ3v) is 5.82. The summed E-state index contributed by atoms with van der Waals surface area (Å²) in [6.07, 6.45) is 0.429. The number of sulfonamides is 1. The molecule has 1 amide bonds. The van der Waals surface area contributed by atoms with Crippen LogP contribution in [0.1, 0.15) is 30.4 Å². The molecule has 0 aliphatic carbocycles. The van der Waals surface area contributed by atoms with Crippen LogP contribution in [0.4, 0.5) is 4.79 Å². The summed E-state index contributed by atoms with van der Waals surface area (Å²) in [4.78, 5) is 23.1. The second kappa shape index (κ2) is 11.3. The van der Waals surface area contributed by atoms with E-state index >= 15 is 0 Å². The fraction of sp³-hybridized carbons (Fsp3) is 0.333. The molecule has 0 spiro atoms. The van der Waals surface area contributed by atoms with Crippen molar-refractivity contribution in [2.24, 2.45) is 0 Å². The molecule has 2 rings (SSSR count). The van der Waals surface area contributed by atoms with Gasteiger partial charge in [0.25, 0.3) is 0 Å². The first-order chi connectivity index (χ1) is 14.3. The SMILES string of the molecule is Cc1ccc(S(=O)(=O)NC(CCCCNC(=O)OCc2ccccc2)C(=O)O)cc1. The van der Waals surface area contributed by atoms with E-state index in [1.165, 1.54) is 12.1 Å². The second-order valence-corrected chi connectivity index (χ2v) is 8.52. The lowest BCUT2D eigenvalue weighted by atomic mass is 10.1. The van der Waals surface area contributed by atoms with E-state index in [0.717, 1.165) is 11.1 Å². The van der Waals surface area contributed by atoms with Gasteiger partial charge in [-0.3, -0.25) is 4.79 Å². The Bertz CT molecular complexity index is 930. The second-order valence-electron chi connectivity index (χ2n) is 6.81. The van der Waals surface area contributed by atoms with E-state index < -0.39 is 28.1 Å². The zero-order chi connectivity index (χ0) is 22.0. The zero-order valence-corrected chi connectivity index (χ0v) is 17.5. The molecule has 2 aromatic rings. The number of carbonyl (C=O) groups is 2. The average molecular weight is 435 g/mol. The first-order valence-corrected chi connectivity index (χ1v) is 11.0. The summed E-state index contributed by atoms with van der Waals surface area (Å²) >= 11 is 0. The topological polar surface area (TPSA) is 122 Å². The predicted molar refractivity (Wildman–Crippen MR) is 111 cm³/mol. The molecule has 0 saturated carbocycles.